The van der Waals surface area contributed by atoms with Crippen LogP contribution in [0, 0.1) is 0 Å². The molecule has 4 unspecified atom stereocenters. The zero-order valence-corrected chi connectivity index (χ0v) is 19.6. The second-order valence-electron chi connectivity index (χ2n) is 9.34. The second kappa shape index (κ2) is 10.3. The summed E-state index contributed by atoms with van der Waals surface area (Å²) in [5, 5.41) is 0.687. The zero-order chi connectivity index (χ0) is 22.0. The molecule has 2 saturated heterocycles. The Morgan fingerprint density at radius 1 is 0.935 bits per heavy atom. The number of anilines is 1. The summed E-state index contributed by atoms with van der Waals surface area (Å²) in [5.74, 6) is 0. The van der Waals surface area contributed by atoms with Gasteiger partial charge in [-0.2, -0.15) is 0 Å². The van der Waals surface area contributed by atoms with Gasteiger partial charge in [0.05, 0.1) is 0 Å². The van der Waals surface area contributed by atoms with Gasteiger partial charge < -0.3 is 10.6 Å². The molecule has 0 amide bonds. The quantitative estimate of drug-likeness (QED) is 0.595. The summed E-state index contributed by atoms with van der Waals surface area (Å²) in [6.07, 6.45) is 8.69. The van der Waals surface area contributed by atoms with Crippen LogP contribution >= 0.6 is 11.6 Å². The number of nitrogens with two attached hydrogens (primary N) is 3. The van der Waals surface area contributed by atoms with Crippen LogP contribution in [0.1, 0.15) is 58.3 Å². The van der Waals surface area contributed by atoms with Crippen LogP contribution in [0.3, 0.4) is 0 Å². The van der Waals surface area contributed by atoms with Crippen molar-refractivity contribution in [3.05, 3.63) is 29.3 Å². The lowest BCUT2D eigenvalue weighted by Crippen LogP contribution is -2.80. The van der Waals surface area contributed by atoms with Gasteiger partial charge in [0, 0.05) is 29.3 Å². The van der Waals surface area contributed by atoms with E-state index in [1.165, 1.54) is 38.5 Å². The molecule has 6 N–H and O–H groups in total. The summed E-state index contributed by atoms with van der Waals surface area (Å²) in [6.45, 7) is 5.31. The van der Waals surface area contributed by atoms with Gasteiger partial charge in [-0.25, -0.2) is 9.80 Å². The highest BCUT2D eigenvalue weighted by Crippen LogP contribution is 2.33. The van der Waals surface area contributed by atoms with Crippen molar-refractivity contribution in [2.75, 3.05) is 24.5 Å². The van der Waals surface area contributed by atoms with E-state index in [4.69, 9.17) is 28.8 Å². The van der Waals surface area contributed by atoms with Gasteiger partial charge in [-0.3, -0.25) is 16.4 Å². The molecule has 0 bridgehead atoms. The van der Waals surface area contributed by atoms with Crippen molar-refractivity contribution in [2.24, 2.45) is 17.2 Å². The maximum atomic E-state index is 6.94. The molecule has 1 saturated carbocycles. The predicted octanol–water partition coefficient (Wildman–Crippen LogP) is 2.70. The van der Waals surface area contributed by atoms with E-state index >= 15 is 0 Å². The first-order valence-electron chi connectivity index (χ1n) is 12.1. The summed E-state index contributed by atoms with van der Waals surface area (Å²) >= 11 is 6.34. The first kappa shape index (κ1) is 23.2. The van der Waals surface area contributed by atoms with E-state index in [0.717, 1.165) is 38.2 Å². The minimum Gasteiger partial charge on any atom is -0.315 e. The van der Waals surface area contributed by atoms with Gasteiger partial charge in [-0.1, -0.05) is 50.3 Å². The van der Waals surface area contributed by atoms with Crippen molar-refractivity contribution < 1.29 is 0 Å². The van der Waals surface area contributed by atoms with Gasteiger partial charge in [-0.05, 0) is 57.0 Å². The molecule has 0 radical (unpaired) electrons. The Kier molecular flexibility index (Phi) is 7.75. The van der Waals surface area contributed by atoms with Gasteiger partial charge >= 0.3 is 0 Å². The SMILES string of the molecule is CCN1CCCC1CN1C(N)N(c2cccc(Cl)c2)C(N)N(C2CCCCCC2)C1N. The van der Waals surface area contributed by atoms with E-state index in [1.54, 1.807) is 0 Å². The van der Waals surface area contributed by atoms with Crippen molar-refractivity contribution in [3.63, 3.8) is 0 Å². The van der Waals surface area contributed by atoms with Crippen molar-refractivity contribution in [3.8, 4) is 0 Å². The molecule has 1 aromatic rings. The average Bonchev–Trinajstić information content (AvgIpc) is 3.03. The lowest BCUT2D eigenvalue weighted by molar-refractivity contribution is -0.0917. The molecule has 174 valence electrons. The fourth-order valence-corrected chi connectivity index (χ4v) is 6.04. The Bertz CT molecular complexity index is 711. The van der Waals surface area contributed by atoms with Crippen LogP contribution in [0.15, 0.2) is 24.3 Å². The van der Waals surface area contributed by atoms with Crippen LogP contribution in [0.5, 0.6) is 0 Å². The largest absolute Gasteiger partial charge is 0.315 e. The maximum absolute atomic E-state index is 6.94. The summed E-state index contributed by atoms with van der Waals surface area (Å²) in [7, 11) is 0. The Hall–Kier alpha value is -0.930. The normalized spacial score (nSPS) is 32.5. The molecule has 31 heavy (non-hydrogen) atoms. The van der Waals surface area contributed by atoms with Gasteiger partial charge in [0.2, 0.25) is 0 Å². The Balaban J connectivity index is 1.66. The Morgan fingerprint density at radius 2 is 1.68 bits per heavy atom. The topological polar surface area (TPSA) is 91.0 Å². The zero-order valence-electron chi connectivity index (χ0n) is 18.9. The first-order valence-corrected chi connectivity index (χ1v) is 12.5. The standard InChI is InChI=1S/C23H40ClN7/c1-2-28-14-8-13-20(28)16-29-21(25)30(18-10-5-3-4-6-11-18)23(27)31(22(29)26)19-12-7-9-17(24)15-19/h7,9,12,15,18,20-23H,2-6,8,10-11,13-14,16,25-27H2,1H3. The molecule has 3 fully saturated rings. The van der Waals surface area contributed by atoms with Crippen LogP contribution in [0.2, 0.25) is 5.02 Å². The minimum atomic E-state index is -0.398. The van der Waals surface area contributed by atoms with E-state index in [0.29, 0.717) is 17.1 Å². The molecule has 4 atom stereocenters. The molecular weight excluding hydrogens is 410 g/mol. The summed E-state index contributed by atoms with van der Waals surface area (Å²) in [5.41, 5.74) is 21.7. The molecular formula is C23H40ClN7. The van der Waals surface area contributed by atoms with Gasteiger partial charge in [-0.15, -0.1) is 0 Å². The number of hydrogen-bond donors (Lipinski definition) is 3. The fraction of sp³-hybridized carbons (Fsp3) is 0.739. The van der Waals surface area contributed by atoms with E-state index in [2.05, 4.69) is 26.5 Å². The number of benzene rings is 1. The summed E-state index contributed by atoms with van der Waals surface area (Å²) in [6, 6.07) is 8.69. The van der Waals surface area contributed by atoms with E-state index in [-0.39, 0.29) is 12.6 Å². The molecule has 8 heteroatoms. The van der Waals surface area contributed by atoms with Crippen LogP contribution in [-0.2, 0) is 0 Å². The smallest absolute Gasteiger partial charge is 0.139 e. The number of likely N-dealkylation sites (N-methyl/N-ethyl adjacent to an activating group) is 1. The summed E-state index contributed by atoms with van der Waals surface area (Å²) < 4.78 is 0. The third kappa shape index (κ3) is 4.88. The Morgan fingerprint density at radius 3 is 2.35 bits per heavy atom. The average molecular weight is 450 g/mol. The van der Waals surface area contributed by atoms with Crippen molar-refractivity contribution in [1.29, 1.82) is 0 Å². The number of rotatable bonds is 5. The number of halogens is 1. The van der Waals surface area contributed by atoms with Crippen LogP contribution in [0.4, 0.5) is 5.69 Å². The molecule has 0 aromatic heterocycles. The number of hydrogen-bond acceptors (Lipinski definition) is 7. The third-order valence-electron chi connectivity index (χ3n) is 7.54. The number of likely N-dealkylation sites (tertiary alicyclic amines) is 1. The van der Waals surface area contributed by atoms with Gasteiger partial charge in [0.1, 0.15) is 18.9 Å². The predicted molar refractivity (Wildman–Crippen MR) is 128 cm³/mol. The van der Waals surface area contributed by atoms with E-state index in [9.17, 15) is 0 Å². The molecule has 3 aliphatic rings. The highest BCUT2D eigenvalue weighted by molar-refractivity contribution is 6.30. The molecule has 1 aromatic carbocycles. The maximum Gasteiger partial charge on any atom is 0.139 e. The van der Waals surface area contributed by atoms with Crippen LogP contribution < -0.4 is 22.1 Å². The van der Waals surface area contributed by atoms with E-state index in [1.807, 2.05) is 24.3 Å². The first-order chi connectivity index (χ1) is 15.0. The molecule has 4 rings (SSSR count). The van der Waals surface area contributed by atoms with Crippen LogP contribution in [0.25, 0.3) is 0 Å². The molecule has 0 spiro atoms. The van der Waals surface area contributed by atoms with Gasteiger partial charge in [0.25, 0.3) is 0 Å². The van der Waals surface area contributed by atoms with Crippen molar-refractivity contribution >= 4 is 17.3 Å². The lowest BCUT2D eigenvalue weighted by Gasteiger charge is -2.57. The number of nitrogens with zero attached hydrogens (tertiary/aromatic N) is 4. The molecule has 1 aliphatic carbocycles. The molecule has 2 heterocycles. The van der Waals surface area contributed by atoms with Crippen LogP contribution in [-0.4, -0.2) is 65.3 Å². The Labute approximate surface area is 192 Å². The molecule has 7 nitrogen and oxygen atoms in total. The van der Waals surface area contributed by atoms with Crippen molar-refractivity contribution in [2.45, 2.75) is 89.2 Å². The second-order valence-corrected chi connectivity index (χ2v) is 9.78. The van der Waals surface area contributed by atoms with E-state index < -0.39 is 6.29 Å². The lowest BCUT2D eigenvalue weighted by atomic mass is 10.1. The third-order valence-corrected chi connectivity index (χ3v) is 7.78. The monoisotopic (exact) mass is 449 g/mol. The molecule has 2 aliphatic heterocycles. The highest BCUT2D eigenvalue weighted by atomic mass is 35.5. The summed E-state index contributed by atoms with van der Waals surface area (Å²) in [4.78, 5) is 9.23. The minimum absolute atomic E-state index is 0.289. The highest BCUT2D eigenvalue weighted by Gasteiger charge is 2.46. The van der Waals surface area contributed by atoms with Gasteiger partial charge in [0.15, 0.2) is 0 Å². The fourth-order valence-electron chi connectivity index (χ4n) is 5.85. The van der Waals surface area contributed by atoms with Crippen molar-refractivity contribution in [1.82, 2.24) is 14.7 Å².